The average molecular weight is 587 g/mol. The van der Waals surface area contributed by atoms with E-state index >= 15 is 0 Å². The third-order valence-electron chi connectivity index (χ3n) is 2.77. The monoisotopic (exact) mass is 587 g/mol. The molecule has 1 aromatic carbocycles. The molecule has 126 valence electrons. The van der Waals surface area contributed by atoms with Crippen LogP contribution < -0.4 is 153 Å². The summed E-state index contributed by atoms with van der Waals surface area (Å²) in [6.45, 7) is 7.51. The molecule has 0 saturated heterocycles. The van der Waals surface area contributed by atoms with Crippen molar-refractivity contribution >= 4 is 23.2 Å². The molecule has 0 atom stereocenters. The van der Waals surface area contributed by atoms with E-state index in [2.05, 4.69) is 0 Å². The number of benzene rings is 1. The molecule has 0 unspecified atom stereocenters. The molecule has 0 amide bonds. The molecule has 0 fully saturated rings. The molecule has 0 spiro atoms. The number of hydrogen-bond acceptors (Lipinski definition) is 6. The van der Waals surface area contributed by atoms with Crippen LogP contribution in [-0.2, 0) is 4.74 Å². The quantitative estimate of drug-likeness (QED) is 0.333. The second kappa shape index (κ2) is 12.8. The number of ether oxygens (including phenoxy) is 2. The van der Waals surface area contributed by atoms with Gasteiger partial charge in [0.1, 0.15) is 11.4 Å². The Labute approximate surface area is 264 Å². The number of rotatable bonds is 1. The molecule has 2 aromatic rings. The Balaban J connectivity index is 0. The van der Waals surface area contributed by atoms with Gasteiger partial charge in [0.05, 0.1) is 12.6 Å². The summed E-state index contributed by atoms with van der Waals surface area (Å²) >= 11 is 0. The van der Waals surface area contributed by atoms with Crippen LogP contribution in [0.1, 0.15) is 26.3 Å². The number of carbonyl (C=O) groups excluding carboxylic acids is 2. The fourth-order valence-electron chi connectivity index (χ4n) is 2.04. The fourth-order valence-corrected chi connectivity index (χ4v) is 2.04. The number of fused-ring (bicyclic) bond motifs is 1. The summed E-state index contributed by atoms with van der Waals surface area (Å²) in [5, 5.41) is 17.6. The van der Waals surface area contributed by atoms with Gasteiger partial charge in [0, 0.05) is 11.6 Å². The molecule has 0 radical (unpaired) electrons. The summed E-state index contributed by atoms with van der Waals surface area (Å²) in [5.74, 6) is 0.784. The van der Waals surface area contributed by atoms with E-state index in [-0.39, 0.29) is 144 Å². The summed E-state index contributed by atoms with van der Waals surface area (Å²) in [7, 11) is 1.63. The maximum Gasteiger partial charge on any atom is 1.00 e. The molecule has 0 N–H and O–H groups in total. The van der Waals surface area contributed by atoms with Gasteiger partial charge in [0.2, 0.25) is 0 Å². The van der Waals surface area contributed by atoms with Crippen LogP contribution in [0.3, 0.4) is 0 Å². The minimum Gasteiger partial charge on any atom is -0.652 e. The van der Waals surface area contributed by atoms with Crippen LogP contribution in [0.4, 0.5) is 9.59 Å². The number of nitrogens with zero attached hydrogens (tertiary/aromatic N) is 1. The van der Waals surface area contributed by atoms with Crippen molar-refractivity contribution < 1.29 is 167 Å². The topological polar surface area (TPSA) is 104 Å². The van der Waals surface area contributed by atoms with Crippen LogP contribution >= 0.6 is 0 Å². The first-order valence-corrected chi connectivity index (χ1v) is 6.82. The van der Waals surface area contributed by atoms with Gasteiger partial charge in [0.25, 0.3) is 0 Å². The summed E-state index contributed by atoms with van der Waals surface area (Å²) < 4.78 is 12.2. The minimum absolute atomic E-state index is 0. The van der Waals surface area contributed by atoms with Crippen LogP contribution in [0.5, 0.6) is 5.75 Å². The molecule has 1 aromatic heterocycles. The molecule has 0 aliphatic rings. The van der Waals surface area contributed by atoms with E-state index in [0.717, 1.165) is 22.2 Å². The number of carboxylic acid groups (broad SMARTS) is 2. The van der Waals surface area contributed by atoms with E-state index in [4.69, 9.17) is 24.5 Å². The molecular formula is C16H19Cs2NO6. The molecule has 0 aliphatic heterocycles. The standard InChI is InChI=1S/C15H19NO3.CH2O3.2Cs/c1-10-8-12(18-5)9-11-6-7-16(13(10)11)14(17)19-15(2,3)4;2-1(3)4;;/h6-9H,1-5H3;(H2,2,3,4);;/q;;2*+1/p-2. The third-order valence-corrected chi connectivity index (χ3v) is 2.77. The van der Waals surface area contributed by atoms with E-state index < -0.39 is 11.8 Å². The van der Waals surface area contributed by atoms with Crippen LogP contribution in [0.15, 0.2) is 24.4 Å². The Hall–Kier alpha value is 1.40. The normalized spacial score (nSPS) is 9.80. The van der Waals surface area contributed by atoms with Crippen LogP contribution in [0.2, 0.25) is 0 Å². The van der Waals surface area contributed by atoms with Crippen LogP contribution in [-0.4, -0.2) is 29.5 Å². The van der Waals surface area contributed by atoms with Crippen molar-refractivity contribution in [3.63, 3.8) is 0 Å². The summed E-state index contributed by atoms with van der Waals surface area (Å²) in [6.07, 6.45) is -0.971. The Morgan fingerprint density at radius 2 is 1.64 bits per heavy atom. The predicted octanol–water partition coefficient (Wildman–Crippen LogP) is -4.70. The number of hydrogen-bond donors (Lipinski definition) is 0. The van der Waals surface area contributed by atoms with Crippen molar-refractivity contribution in [2.75, 3.05) is 7.11 Å². The van der Waals surface area contributed by atoms with Gasteiger partial charge in [-0.15, -0.1) is 0 Å². The molecule has 25 heavy (non-hydrogen) atoms. The van der Waals surface area contributed by atoms with Crippen molar-refractivity contribution in [1.82, 2.24) is 4.57 Å². The van der Waals surface area contributed by atoms with Gasteiger partial charge in [-0.05, 0) is 57.6 Å². The van der Waals surface area contributed by atoms with E-state index in [9.17, 15) is 4.79 Å². The Morgan fingerprint density at radius 1 is 1.12 bits per heavy atom. The van der Waals surface area contributed by atoms with E-state index in [1.54, 1.807) is 13.3 Å². The maximum absolute atomic E-state index is 12.2. The van der Waals surface area contributed by atoms with Gasteiger partial charge in [-0.3, -0.25) is 4.57 Å². The summed E-state index contributed by atoms with van der Waals surface area (Å²) in [4.78, 5) is 20.5. The zero-order chi connectivity index (χ0) is 17.8. The molecular weight excluding hydrogens is 568 g/mol. The molecule has 7 nitrogen and oxygen atoms in total. The molecule has 9 heteroatoms. The average Bonchev–Trinajstić information content (AvgIpc) is 2.80. The number of carbonyl (C=O) groups is 2. The Bertz CT molecular complexity index is 717. The zero-order valence-electron chi connectivity index (χ0n) is 15.7. The number of aryl methyl sites for hydroxylation is 1. The molecule has 2 rings (SSSR count). The predicted molar refractivity (Wildman–Crippen MR) is 80.3 cm³/mol. The van der Waals surface area contributed by atoms with E-state index in [1.165, 1.54) is 4.57 Å². The van der Waals surface area contributed by atoms with E-state index in [1.807, 2.05) is 45.9 Å². The molecule has 1 heterocycles. The van der Waals surface area contributed by atoms with Crippen molar-refractivity contribution in [2.45, 2.75) is 33.3 Å². The van der Waals surface area contributed by atoms with Crippen LogP contribution in [0.25, 0.3) is 10.9 Å². The first-order valence-electron chi connectivity index (χ1n) is 6.82. The first kappa shape index (κ1) is 28.6. The Kier molecular flexibility index (Phi) is 14.6. The van der Waals surface area contributed by atoms with Gasteiger partial charge in [0.15, 0.2) is 0 Å². The number of methoxy groups -OCH3 is 1. The smallest absolute Gasteiger partial charge is 0.652 e. The summed E-state index contributed by atoms with van der Waals surface area (Å²) in [6, 6.07) is 5.70. The molecule has 0 bridgehead atoms. The third kappa shape index (κ3) is 9.95. The first-order chi connectivity index (χ1) is 10.5. The summed E-state index contributed by atoms with van der Waals surface area (Å²) in [5.41, 5.74) is 1.33. The fraction of sp³-hybridized carbons (Fsp3) is 0.375. The second-order valence-electron chi connectivity index (χ2n) is 5.80. The van der Waals surface area contributed by atoms with Crippen molar-refractivity contribution in [3.8, 4) is 5.75 Å². The molecule has 0 saturated carbocycles. The van der Waals surface area contributed by atoms with Gasteiger partial charge < -0.3 is 24.5 Å². The van der Waals surface area contributed by atoms with Gasteiger partial charge >= 0.3 is 144 Å². The van der Waals surface area contributed by atoms with Gasteiger partial charge in [-0.2, -0.15) is 0 Å². The van der Waals surface area contributed by atoms with Gasteiger partial charge in [-0.1, -0.05) is 0 Å². The largest absolute Gasteiger partial charge is 1.00 e. The van der Waals surface area contributed by atoms with Crippen molar-refractivity contribution in [2.24, 2.45) is 0 Å². The molecule has 0 aliphatic carbocycles. The SMILES string of the molecule is COc1cc(C)c2c(ccn2C(=O)OC(C)(C)C)c1.O=C([O-])[O-].[Cs+].[Cs+]. The second-order valence-corrected chi connectivity index (χ2v) is 5.80. The number of aromatic nitrogens is 1. The zero-order valence-corrected chi connectivity index (χ0v) is 28.3. The minimum atomic E-state index is -2.33. The van der Waals surface area contributed by atoms with Crippen molar-refractivity contribution in [1.29, 1.82) is 0 Å². The maximum atomic E-state index is 12.2. The van der Waals surface area contributed by atoms with Gasteiger partial charge in [-0.25, -0.2) is 4.79 Å². The van der Waals surface area contributed by atoms with Crippen LogP contribution in [0, 0.1) is 6.92 Å². The Morgan fingerprint density at radius 3 is 2.08 bits per heavy atom. The van der Waals surface area contributed by atoms with Crippen molar-refractivity contribution in [3.05, 3.63) is 30.0 Å². The van der Waals surface area contributed by atoms with E-state index in [0.29, 0.717) is 0 Å².